The minimum atomic E-state index is -0.489. The molecule has 0 aromatic carbocycles. The van der Waals surface area contributed by atoms with Gasteiger partial charge in [0.2, 0.25) is 11.8 Å². The molecule has 1 fully saturated rings. The van der Waals surface area contributed by atoms with Crippen molar-refractivity contribution >= 4 is 17.1 Å². The number of nitrogen functional groups attached to an aromatic ring is 1. The summed E-state index contributed by atoms with van der Waals surface area (Å²) < 4.78 is 14.2. The summed E-state index contributed by atoms with van der Waals surface area (Å²) in [6.07, 6.45) is 6.68. The van der Waals surface area contributed by atoms with E-state index in [-0.39, 0.29) is 12.1 Å². The van der Waals surface area contributed by atoms with E-state index in [0.29, 0.717) is 35.9 Å². The van der Waals surface area contributed by atoms with Crippen molar-refractivity contribution in [2.75, 3.05) is 12.3 Å². The van der Waals surface area contributed by atoms with E-state index in [1.54, 1.807) is 12.4 Å². The molecule has 0 atom stereocenters. The molecule has 9 nitrogen and oxygen atoms in total. The molecule has 1 saturated carbocycles. The smallest absolute Gasteiger partial charge is 0.246 e. The zero-order valence-electron chi connectivity index (χ0n) is 15.3. The van der Waals surface area contributed by atoms with Crippen molar-refractivity contribution in [1.82, 2.24) is 29.5 Å². The van der Waals surface area contributed by atoms with E-state index in [1.165, 1.54) is 6.42 Å². The Morgan fingerprint density at radius 2 is 1.96 bits per heavy atom. The second kappa shape index (κ2) is 5.85. The van der Waals surface area contributed by atoms with Gasteiger partial charge in [0.05, 0.1) is 12.2 Å². The van der Waals surface area contributed by atoms with Gasteiger partial charge >= 0.3 is 0 Å². The summed E-state index contributed by atoms with van der Waals surface area (Å²) in [7, 11) is 0. The van der Waals surface area contributed by atoms with Gasteiger partial charge in [-0.2, -0.15) is 4.98 Å². The van der Waals surface area contributed by atoms with Gasteiger partial charge in [-0.05, 0) is 33.1 Å². The molecule has 0 radical (unpaired) electrons. The predicted molar refractivity (Wildman–Crippen MR) is 98.0 cm³/mol. The van der Waals surface area contributed by atoms with Crippen molar-refractivity contribution < 1.29 is 9.47 Å². The molecule has 0 bridgehead atoms. The van der Waals surface area contributed by atoms with Crippen LogP contribution in [0.3, 0.4) is 0 Å². The number of hydrogen-bond donors (Lipinski definition) is 1. The number of aromatic nitrogens is 6. The molecule has 3 aromatic rings. The van der Waals surface area contributed by atoms with E-state index < -0.39 is 5.60 Å². The minimum Gasteiger partial charge on any atom is -0.473 e. The van der Waals surface area contributed by atoms with Gasteiger partial charge < -0.3 is 19.8 Å². The largest absolute Gasteiger partial charge is 0.473 e. The van der Waals surface area contributed by atoms with Crippen LogP contribution in [0.4, 0.5) is 5.95 Å². The third-order valence-electron chi connectivity index (χ3n) is 5.14. The maximum absolute atomic E-state index is 6.16. The lowest BCUT2D eigenvalue weighted by atomic mass is 9.96. The number of imidazole rings is 1. The zero-order valence-corrected chi connectivity index (χ0v) is 15.3. The molecule has 0 saturated heterocycles. The lowest BCUT2D eigenvalue weighted by molar-refractivity contribution is -0.0530. The first kappa shape index (κ1) is 16.4. The summed E-state index contributed by atoms with van der Waals surface area (Å²) in [6.45, 7) is 5.32. The van der Waals surface area contributed by atoms with Gasteiger partial charge in [-0.3, -0.25) is 0 Å². The van der Waals surface area contributed by atoms with Gasteiger partial charge in [0.15, 0.2) is 17.0 Å². The van der Waals surface area contributed by atoms with Crippen molar-refractivity contribution in [3.8, 4) is 17.3 Å². The van der Waals surface area contributed by atoms with E-state index >= 15 is 0 Å². The van der Waals surface area contributed by atoms with Crippen LogP contribution in [0, 0.1) is 0 Å². The maximum atomic E-state index is 6.16. The molecule has 140 valence electrons. The molecular weight excluding hydrogens is 346 g/mol. The molecule has 0 spiro atoms. The molecular formula is C18H21N7O2. The predicted octanol–water partition coefficient (Wildman–Crippen LogP) is 2.06. The highest BCUT2D eigenvalue weighted by molar-refractivity contribution is 5.80. The SMILES string of the molecule is CC1(C)OCCn2c1nc1c(OC3CCC3)nc(-c3cnc(N)nc3)nc12. The van der Waals surface area contributed by atoms with Gasteiger partial charge in [0.1, 0.15) is 17.5 Å². The normalized spacial score (nSPS) is 18.9. The van der Waals surface area contributed by atoms with Crippen LogP contribution in [0.25, 0.3) is 22.6 Å². The van der Waals surface area contributed by atoms with Crippen molar-refractivity contribution in [3.05, 3.63) is 18.2 Å². The Bertz CT molecular complexity index is 1010. The van der Waals surface area contributed by atoms with Crippen LogP contribution >= 0.6 is 0 Å². The van der Waals surface area contributed by atoms with Gasteiger partial charge in [-0.1, -0.05) is 0 Å². The number of nitrogens with two attached hydrogens (primary N) is 1. The number of rotatable bonds is 3. The van der Waals surface area contributed by atoms with Crippen molar-refractivity contribution in [2.24, 2.45) is 0 Å². The standard InChI is InChI=1S/C18H21N7O2/c1-18(2)16-22-12-14(25(16)6-7-26-18)23-13(10-8-20-17(19)21-9-10)24-15(12)27-11-4-3-5-11/h8-9,11H,3-7H2,1-2H3,(H2,19,20,21). The summed E-state index contributed by atoms with van der Waals surface area (Å²) in [5, 5.41) is 0. The van der Waals surface area contributed by atoms with Crippen LogP contribution in [0.2, 0.25) is 0 Å². The van der Waals surface area contributed by atoms with Crippen LogP contribution in [0.15, 0.2) is 12.4 Å². The minimum absolute atomic E-state index is 0.182. The Morgan fingerprint density at radius 1 is 1.19 bits per heavy atom. The summed E-state index contributed by atoms with van der Waals surface area (Å²) in [5.74, 6) is 2.06. The molecule has 9 heteroatoms. The second-order valence-corrected chi connectivity index (χ2v) is 7.47. The maximum Gasteiger partial charge on any atom is 0.246 e. The first-order valence-corrected chi connectivity index (χ1v) is 9.18. The third-order valence-corrected chi connectivity index (χ3v) is 5.14. The highest BCUT2D eigenvalue weighted by atomic mass is 16.5. The zero-order chi connectivity index (χ0) is 18.6. The molecule has 0 amide bonds. The number of ether oxygens (including phenoxy) is 2. The Balaban J connectivity index is 1.71. The van der Waals surface area contributed by atoms with Gasteiger partial charge in [0.25, 0.3) is 0 Å². The summed E-state index contributed by atoms with van der Waals surface area (Å²) in [4.78, 5) is 22.3. The average molecular weight is 367 g/mol. The average Bonchev–Trinajstić information content (AvgIpc) is 2.99. The van der Waals surface area contributed by atoms with Crippen LogP contribution in [-0.2, 0) is 16.9 Å². The fourth-order valence-electron chi connectivity index (χ4n) is 3.41. The summed E-state index contributed by atoms with van der Waals surface area (Å²) in [5.41, 5.74) is 7.23. The lowest BCUT2D eigenvalue weighted by Gasteiger charge is -2.30. The monoisotopic (exact) mass is 367 g/mol. The van der Waals surface area contributed by atoms with Crippen molar-refractivity contribution in [2.45, 2.75) is 51.4 Å². The quantitative estimate of drug-likeness (QED) is 0.748. The van der Waals surface area contributed by atoms with E-state index in [2.05, 4.69) is 19.5 Å². The van der Waals surface area contributed by atoms with Crippen LogP contribution < -0.4 is 10.5 Å². The number of hydrogen-bond acceptors (Lipinski definition) is 8. The highest BCUT2D eigenvalue weighted by Gasteiger charge is 2.34. The Hall–Kier alpha value is -2.81. The molecule has 3 aromatic heterocycles. The lowest BCUT2D eigenvalue weighted by Crippen LogP contribution is -2.33. The molecule has 1 aliphatic heterocycles. The Morgan fingerprint density at radius 3 is 2.67 bits per heavy atom. The number of fused-ring (bicyclic) bond motifs is 3. The first-order chi connectivity index (χ1) is 13.0. The van der Waals surface area contributed by atoms with Crippen LogP contribution in [-0.4, -0.2) is 42.2 Å². The van der Waals surface area contributed by atoms with Crippen LogP contribution in [0.5, 0.6) is 5.88 Å². The number of anilines is 1. The summed E-state index contributed by atoms with van der Waals surface area (Å²) >= 11 is 0. The Labute approximate surface area is 156 Å². The third kappa shape index (κ3) is 2.69. The van der Waals surface area contributed by atoms with E-state index in [9.17, 15) is 0 Å². The Kier molecular flexibility index (Phi) is 3.55. The molecule has 5 rings (SSSR count). The van der Waals surface area contributed by atoms with E-state index in [0.717, 1.165) is 24.3 Å². The summed E-state index contributed by atoms with van der Waals surface area (Å²) in [6, 6.07) is 0. The first-order valence-electron chi connectivity index (χ1n) is 9.18. The van der Waals surface area contributed by atoms with Crippen molar-refractivity contribution in [1.29, 1.82) is 0 Å². The fourth-order valence-corrected chi connectivity index (χ4v) is 3.41. The molecule has 27 heavy (non-hydrogen) atoms. The van der Waals surface area contributed by atoms with Gasteiger partial charge in [0, 0.05) is 18.9 Å². The highest BCUT2D eigenvalue weighted by Crippen LogP contribution is 2.35. The van der Waals surface area contributed by atoms with Crippen LogP contribution in [0.1, 0.15) is 38.9 Å². The molecule has 0 unspecified atom stereocenters. The molecule has 1 aliphatic carbocycles. The second-order valence-electron chi connectivity index (χ2n) is 7.47. The topological polar surface area (TPSA) is 114 Å². The van der Waals surface area contributed by atoms with Gasteiger partial charge in [-0.25, -0.2) is 19.9 Å². The van der Waals surface area contributed by atoms with Gasteiger partial charge in [-0.15, -0.1) is 0 Å². The molecule has 2 aliphatic rings. The van der Waals surface area contributed by atoms with Crippen molar-refractivity contribution in [3.63, 3.8) is 0 Å². The molecule has 2 N–H and O–H groups in total. The number of nitrogens with zero attached hydrogens (tertiary/aromatic N) is 6. The van der Waals surface area contributed by atoms with E-state index in [4.69, 9.17) is 25.2 Å². The van der Waals surface area contributed by atoms with E-state index in [1.807, 2.05) is 13.8 Å². The molecule has 4 heterocycles. The fraction of sp³-hybridized carbons (Fsp3) is 0.500.